The molecule has 3 rings (SSSR count). The average Bonchev–Trinajstić information content (AvgIpc) is 2.87. The third kappa shape index (κ3) is 2.96. The van der Waals surface area contributed by atoms with Gasteiger partial charge >= 0.3 is 5.69 Å². The molecule has 0 fully saturated rings. The molecule has 0 aliphatic carbocycles. The van der Waals surface area contributed by atoms with Gasteiger partial charge in [0.05, 0.1) is 5.69 Å². The van der Waals surface area contributed by atoms with E-state index >= 15 is 0 Å². The smallest absolute Gasteiger partial charge is 0.368 e. The molecule has 0 aliphatic rings. The summed E-state index contributed by atoms with van der Waals surface area (Å²) in [6, 6.07) is 10.1. The minimum Gasteiger partial charge on any atom is -0.485 e. The zero-order valence-electron chi connectivity index (χ0n) is 13.0. The molecule has 0 saturated carbocycles. The lowest BCUT2D eigenvalue weighted by Gasteiger charge is -2.14. The second-order valence-corrected chi connectivity index (χ2v) is 6.06. The third-order valence-corrected chi connectivity index (χ3v) is 4.31. The minimum absolute atomic E-state index is 0.0710. The minimum atomic E-state index is -0.430. The number of nitrogens with zero attached hydrogens (tertiary/aromatic N) is 4. The van der Waals surface area contributed by atoms with E-state index in [0.717, 1.165) is 9.15 Å². The van der Waals surface area contributed by atoms with Crippen molar-refractivity contribution in [1.29, 1.82) is 0 Å². The monoisotopic (exact) mass is 392 g/mol. The number of rotatable bonds is 4. The first-order chi connectivity index (χ1) is 11.5. The van der Waals surface area contributed by atoms with Gasteiger partial charge in [-0.05, 0) is 41.1 Å². The van der Waals surface area contributed by atoms with E-state index in [1.807, 2.05) is 6.07 Å². The molecule has 0 amide bonds. The fourth-order valence-electron chi connectivity index (χ4n) is 2.30. The largest absolute Gasteiger partial charge is 0.485 e. The van der Waals surface area contributed by atoms with Crippen LogP contribution in [0.2, 0.25) is 0 Å². The van der Waals surface area contributed by atoms with Crippen LogP contribution in [-0.4, -0.2) is 19.8 Å². The molecule has 124 valence electrons. The molecule has 2 aromatic carbocycles. The molecule has 8 heteroatoms. The van der Waals surface area contributed by atoms with Gasteiger partial charge in [-0.3, -0.25) is 0 Å². The normalized spacial score (nSPS) is 10.8. The summed E-state index contributed by atoms with van der Waals surface area (Å²) in [6.45, 7) is 1.84. The molecular weight excluding hydrogens is 379 g/mol. The Kier molecular flexibility index (Phi) is 4.48. The number of ether oxygens (including phenoxy) is 1. The van der Waals surface area contributed by atoms with Crippen LogP contribution >= 0.6 is 15.9 Å². The predicted molar refractivity (Wildman–Crippen MR) is 89.8 cm³/mol. The van der Waals surface area contributed by atoms with Gasteiger partial charge in [0.15, 0.2) is 11.6 Å². The summed E-state index contributed by atoms with van der Waals surface area (Å²) in [7, 11) is 1.52. The van der Waals surface area contributed by atoms with Crippen LogP contribution in [-0.2, 0) is 13.7 Å². The van der Waals surface area contributed by atoms with Crippen LogP contribution in [0.4, 0.5) is 4.39 Å². The maximum atomic E-state index is 13.9. The van der Waals surface area contributed by atoms with Crippen LogP contribution in [0.5, 0.6) is 5.75 Å². The Morgan fingerprint density at radius 2 is 1.96 bits per heavy atom. The van der Waals surface area contributed by atoms with Gasteiger partial charge in [0.25, 0.3) is 0 Å². The predicted octanol–water partition coefficient (Wildman–Crippen LogP) is 2.76. The summed E-state index contributed by atoms with van der Waals surface area (Å²) >= 11 is 3.44. The molecule has 0 spiro atoms. The van der Waals surface area contributed by atoms with E-state index in [1.165, 1.54) is 17.8 Å². The van der Waals surface area contributed by atoms with Crippen molar-refractivity contribution in [1.82, 2.24) is 19.8 Å². The van der Waals surface area contributed by atoms with Gasteiger partial charge in [-0.15, -0.1) is 0 Å². The lowest BCUT2D eigenvalue weighted by Crippen LogP contribution is -2.23. The number of hydrogen-bond donors (Lipinski definition) is 0. The van der Waals surface area contributed by atoms with Crippen LogP contribution < -0.4 is 10.4 Å². The zero-order valence-corrected chi connectivity index (χ0v) is 14.6. The van der Waals surface area contributed by atoms with Crippen molar-refractivity contribution in [3.05, 3.63) is 68.3 Å². The summed E-state index contributed by atoms with van der Waals surface area (Å²) in [6.07, 6.45) is 0. The maximum Gasteiger partial charge on any atom is 0.368 e. The Labute approximate surface area is 145 Å². The second kappa shape index (κ2) is 6.56. The molecule has 6 nitrogen and oxygen atoms in total. The Morgan fingerprint density at radius 3 is 2.62 bits per heavy atom. The van der Waals surface area contributed by atoms with E-state index < -0.39 is 5.82 Å². The topological polar surface area (TPSA) is 61.9 Å². The number of aromatic nitrogens is 4. The van der Waals surface area contributed by atoms with E-state index in [0.29, 0.717) is 16.8 Å². The SMILES string of the molecule is Cc1cccc(F)c1OCc1c(Br)cccc1-n1nnn(C)c1=O. The number of para-hydroxylation sites is 1. The Balaban J connectivity index is 2.00. The van der Waals surface area contributed by atoms with Gasteiger partial charge in [0.2, 0.25) is 0 Å². The van der Waals surface area contributed by atoms with Gasteiger partial charge < -0.3 is 4.74 Å². The fourth-order valence-corrected chi connectivity index (χ4v) is 2.77. The third-order valence-electron chi connectivity index (χ3n) is 3.57. The standard InChI is InChI=1S/C16H14BrFN4O2/c1-10-5-3-7-13(18)15(10)24-9-11-12(17)6-4-8-14(11)22-16(23)21(2)19-20-22/h3-8H,9H2,1-2H3. The van der Waals surface area contributed by atoms with Crippen molar-refractivity contribution in [2.24, 2.45) is 7.05 Å². The second-order valence-electron chi connectivity index (χ2n) is 5.21. The number of hydrogen-bond acceptors (Lipinski definition) is 4. The maximum absolute atomic E-state index is 13.9. The van der Waals surface area contributed by atoms with Crippen molar-refractivity contribution in [3.63, 3.8) is 0 Å². The molecule has 0 atom stereocenters. The first kappa shape index (κ1) is 16.4. The first-order valence-corrected chi connectivity index (χ1v) is 7.93. The number of benzene rings is 2. The number of halogens is 2. The van der Waals surface area contributed by atoms with Crippen LogP contribution in [0.25, 0.3) is 5.69 Å². The summed E-state index contributed by atoms with van der Waals surface area (Å²) in [4.78, 5) is 12.1. The summed E-state index contributed by atoms with van der Waals surface area (Å²) in [5.74, 6) is -0.244. The fraction of sp³-hybridized carbons (Fsp3) is 0.188. The quantitative estimate of drug-likeness (QED) is 0.684. The Morgan fingerprint density at radius 1 is 1.21 bits per heavy atom. The molecule has 0 radical (unpaired) electrons. The molecule has 0 N–H and O–H groups in total. The lowest BCUT2D eigenvalue weighted by atomic mass is 10.2. The average molecular weight is 393 g/mol. The van der Waals surface area contributed by atoms with Crippen LogP contribution in [0.15, 0.2) is 45.7 Å². The van der Waals surface area contributed by atoms with Gasteiger partial charge in [-0.1, -0.05) is 34.1 Å². The molecule has 0 aliphatic heterocycles. The number of aryl methyl sites for hydroxylation is 2. The molecular formula is C16H14BrFN4O2. The highest BCUT2D eigenvalue weighted by Gasteiger charge is 2.15. The van der Waals surface area contributed by atoms with Gasteiger partial charge in [-0.25, -0.2) is 9.18 Å². The molecule has 0 bridgehead atoms. The van der Waals surface area contributed by atoms with Crippen molar-refractivity contribution in [2.75, 3.05) is 0 Å². The van der Waals surface area contributed by atoms with E-state index in [1.54, 1.807) is 31.2 Å². The highest BCUT2D eigenvalue weighted by atomic mass is 79.9. The molecule has 24 heavy (non-hydrogen) atoms. The molecule has 0 saturated heterocycles. The summed E-state index contributed by atoms with van der Waals surface area (Å²) in [5.41, 5.74) is 1.51. The summed E-state index contributed by atoms with van der Waals surface area (Å²) < 4.78 is 22.6. The van der Waals surface area contributed by atoms with E-state index in [2.05, 4.69) is 26.4 Å². The van der Waals surface area contributed by atoms with Gasteiger partial charge in [0, 0.05) is 17.1 Å². The van der Waals surface area contributed by atoms with Crippen molar-refractivity contribution in [2.45, 2.75) is 13.5 Å². The highest BCUT2D eigenvalue weighted by Crippen LogP contribution is 2.27. The van der Waals surface area contributed by atoms with Gasteiger partial charge in [-0.2, -0.15) is 9.36 Å². The molecule has 1 aromatic heterocycles. The van der Waals surface area contributed by atoms with Crippen LogP contribution in [0.3, 0.4) is 0 Å². The molecule has 1 heterocycles. The van der Waals surface area contributed by atoms with Crippen LogP contribution in [0, 0.1) is 12.7 Å². The highest BCUT2D eigenvalue weighted by molar-refractivity contribution is 9.10. The first-order valence-electron chi connectivity index (χ1n) is 7.13. The van der Waals surface area contributed by atoms with Crippen molar-refractivity contribution >= 4 is 15.9 Å². The van der Waals surface area contributed by atoms with E-state index in [9.17, 15) is 9.18 Å². The van der Waals surface area contributed by atoms with Crippen LogP contribution in [0.1, 0.15) is 11.1 Å². The molecule has 0 unspecified atom stereocenters. The zero-order chi connectivity index (χ0) is 17.3. The Bertz CT molecular complexity index is 931. The Hall–Kier alpha value is -2.48. The van der Waals surface area contributed by atoms with Crippen molar-refractivity contribution < 1.29 is 9.13 Å². The summed E-state index contributed by atoms with van der Waals surface area (Å²) in [5, 5.41) is 7.55. The van der Waals surface area contributed by atoms with E-state index in [4.69, 9.17) is 4.74 Å². The number of tetrazole rings is 1. The van der Waals surface area contributed by atoms with Crippen molar-refractivity contribution in [3.8, 4) is 11.4 Å². The van der Waals surface area contributed by atoms with Gasteiger partial charge in [0.1, 0.15) is 6.61 Å². The van der Waals surface area contributed by atoms with E-state index in [-0.39, 0.29) is 18.0 Å². The molecule has 3 aromatic rings. The lowest BCUT2D eigenvalue weighted by molar-refractivity contribution is 0.287.